The van der Waals surface area contributed by atoms with E-state index in [1.807, 2.05) is 0 Å². The number of halogens is 3. The van der Waals surface area contributed by atoms with Gasteiger partial charge in [0.1, 0.15) is 10.4 Å². The highest BCUT2D eigenvalue weighted by molar-refractivity contribution is 9.10. The Hall–Kier alpha value is -0.750. The van der Waals surface area contributed by atoms with Gasteiger partial charge in [-0.1, -0.05) is 0 Å². The fourth-order valence-corrected chi connectivity index (χ4v) is 1.35. The molecule has 0 saturated carbocycles. The molecule has 0 aliphatic carbocycles. The summed E-state index contributed by atoms with van der Waals surface area (Å²) in [6, 6.07) is 1.26. The summed E-state index contributed by atoms with van der Waals surface area (Å²) < 4.78 is 25.0. The van der Waals surface area contributed by atoms with E-state index in [9.17, 15) is 8.78 Å². The molecule has 0 aromatic carbocycles. The van der Waals surface area contributed by atoms with Gasteiger partial charge in [0, 0.05) is 6.54 Å². The minimum absolute atomic E-state index is 0.146. The van der Waals surface area contributed by atoms with Crippen molar-refractivity contribution in [3.8, 4) is 0 Å². The maximum Gasteiger partial charge on any atom is 0.267 e. The summed E-state index contributed by atoms with van der Waals surface area (Å²) in [5.41, 5.74) is 10.8. The van der Waals surface area contributed by atoms with Gasteiger partial charge >= 0.3 is 0 Å². The first-order valence-corrected chi connectivity index (χ1v) is 4.28. The van der Waals surface area contributed by atoms with Crippen molar-refractivity contribution in [3.63, 3.8) is 0 Å². The molecular weight excluding hydrogens is 244 g/mol. The van der Waals surface area contributed by atoms with Gasteiger partial charge in [0.2, 0.25) is 0 Å². The molecule has 3 nitrogen and oxygen atoms in total. The molecule has 0 spiro atoms. The van der Waals surface area contributed by atoms with Gasteiger partial charge in [-0.25, -0.2) is 13.8 Å². The Balaban J connectivity index is 3.22. The lowest BCUT2D eigenvalue weighted by Gasteiger charge is -2.07. The summed E-state index contributed by atoms with van der Waals surface area (Å²) >= 11 is 3.07. The van der Waals surface area contributed by atoms with Crippen molar-refractivity contribution in [1.29, 1.82) is 0 Å². The van der Waals surface area contributed by atoms with Crippen LogP contribution in [0.5, 0.6) is 0 Å². The monoisotopic (exact) mass is 251 g/mol. The van der Waals surface area contributed by atoms with Gasteiger partial charge in [-0.2, -0.15) is 0 Å². The van der Waals surface area contributed by atoms with Crippen molar-refractivity contribution in [2.45, 2.75) is 13.0 Å². The Morgan fingerprint density at radius 2 is 2.15 bits per heavy atom. The van der Waals surface area contributed by atoms with Gasteiger partial charge < -0.3 is 11.5 Å². The molecule has 0 radical (unpaired) electrons. The van der Waals surface area contributed by atoms with Gasteiger partial charge in [-0.05, 0) is 27.6 Å². The van der Waals surface area contributed by atoms with E-state index in [1.54, 1.807) is 0 Å². The standard InChI is InChI=1S/C7H8BrF2N3/c8-5-3(2-11)1-4(6(9)10)7(12)13-5/h1,6H,2,11H2,(H2,12,13). The van der Waals surface area contributed by atoms with Crippen LogP contribution >= 0.6 is 15.9 Å². The maximum absolute atomic E-state index is 12.3. The second-order valence-corrected chi connectivity index (χ2v) is 3.17. The van der Waals surface area contributed by atoms with E-state index >= 15 is 0 Å². The summed E-state index contributed by atoms with van der Waals surface area (Å²) in [6.45, 7) is 0.146. The molecule has 6 heteroatoms. The van der Waals surface area contributed by atoms with E-state index in [0.29, 0.717) is 10.2 Å². The van der Waals surface area contributed by atoms with Crippen LogP contribution in [-0.2, 0) is 6.54 Å². The molecule has 0 saturated heterocycles. The average molecular weight is 252 g/mol. The number of nitrogen functional groups attached to an aromatic ring is 1. The van der Waals surface area contributed by atoms with Crippen LogP contribution in [0.15, 0.2) is 10.7 Å². The first kappa shape index (κ1) is 10.3. The number of aromatic nitrogens is 1. The van der Waals surface area contributed by atoms with E-state index in [1.165, 1.54) is 6.07 Å². The van der Waals surface area contributed by atoms with Crippen LogP contribution in [0.1, 0.15) is 17.6 Å². The van der Waals surface area contributed by atoms with Crippen molar-refractivity contribution in [2.75, 3.05) is 5.73 Å². The number of alkyl halides is 2. The van der Waals surface area contributed by atoms with Gasteiger partial charge in [0.25, 0.3) is 6.43 Å². The second kappa shape index (κ2) is 3.97. The van der Waals surface area contributed by atoms with E-state index < -0.39 is 6.43 Å². The Morgan fingerprint density at radius 1 is 1.54 bits per heavy atom. The zero-order valence-electron chi connectivity index (χ0n) is 6.60. The van der Waals surface area contributed by atoms with Gasteiger partial charge in [0.05, 0.1) is 5.56 Å². The summed E-state index contributed by atoms with van der Waals surface area (Å²) in [7, 11) is 0. The van der Waals surface area contributed by atoms with E-state index in [2.05, 4.69) is 20.9 Å². The Labute approximate surface area is 82.3 Å². The van der Waals surface area contributed by atoms with E-state index in [-0.39, 0.29) is 17.9 Å². The van der Waals surface area contributed by atoms with Crippen LogP contribution in [0.2, 0.25) is 0 Å². The molecule has 0 unspecified atom stereocenters. The molecular formula is C7H8BrF2N3. The Morgan fingerprint density at radius 3 is 2.62 bits per heavy atom. The number of hydrogen-bond acceptors (Lipinski definition) is 3. The van der Waals surface area contributed by atoms with Crippen LogP contribution in [-0.4, -0.2) is 4.98 Å². The number of pyridine rings is 1. The summed E-state index contributed by atoms with van der Waals surface area (Å²) in [5, 5.41) is 0. The second-order valence-electron chi connectivity index (χ2n) is 2.42. The largest absolute Gasteiger partial charge is 0.383 e. The van der Waals surface area contributed by atoms with Crippen molar-refractivity contribution < 1.29 is 8.78 Å². The van der Waals surface area contributed by atoms with Crippen LogP contribution < -0.4 is 11.5 Å². The summed E-state index contributed by atoms with van der Waals surface area (Å²) in [6.07, 6.45) is -2.62. The average Bonchev–Trinajstić information content (AvgIpc) is 2.03. The molecule has 1 rings (SSSR count). The molecule has 0 fully saturated rings. The van der Waals surface area contributed by atoms with Crippen molar-refractivity contribution in [3.05, 3.63) is 21.8 Å². The fraction of sp³-hybridized carbons (Fsp3) is 0.286. The van der Waals surface area contributed by atoms with Crippen LogP contribution in [0, 0.1) is 0 Å². The number of hydrogen-bond donors (Lipinski definition) is 2. The minimum Gasteiger partial charge on any atom is -0.383 e. The minimum atomic E-state index is -2.62. The van der Waals surface area contributed by atoms with Crippen LogP contribution in [0.3, 0.4) is 0 Å². The smallest absolute Gasteiger partial charge is 0.267 e. The molecule has 1 aromatic heterocycles. The fourth-order valence-electron chi connectivity index (χ4n) is 0.881. The van der Waals surface area contributed by atoms with Gasteiger partial charge in [0.15, 0.2) is 0 Å². The molecule has 4 N–H and O–H groups in total. The highest BCUT2D eigenvalue weighted by Crippen LogP contribution is 2.27. The summed E-state index contributed by atoms with van der Waals surface area (Å²) in [5.74, 6) is -0.168. The first-order chi connectivity index (χ1) is 6.06. The Bertz CT molecular complexity index is 317. The molecule has 0 aliphatic rings. The quantitative estimate of drug-likeness (QED) is 0.789. The SMILES string of the molecule is NCc1cc(C(F)F)c(N)nc1Br. The third kappa shape index (κ3) is 2.13. The summed E-state index contributed by atoms with van der Waals surface area (Å²) in [4.78, 5) is 3.70. The predicted octanol–water partition coefficient (Wildman–Crippen LogP) is 1.82. The Kier molecular flexibility index (Phi) is 3.16. The van der Waals surface area contributed by atoms with Gasteiger partial charge in [-0.3, -0.25) is 0 Å². The molecule has 0 amide bonds. The van der Waals surface area contributed by atoms with E-state index in [0.717, 1.165) is 0 Å². The van der Waals surface area contributed by atoms with Crippen molar-refractivity contribution in [2.24, 2.45) is 5.73 Å². The molecule has 13 heavy (non-hydrogen) atoms. The third-order valence-electron chi connectivity index (χ3n) is 1.56. The number of anilines is 1. The molecule has 0 bridgehead atoms. The number of rotatable bonds is 2. The lowest BCUT2D eigenvalue weighted by Crippen LogP contribution is -2.05. The van der Waals surface area contributed by atoms with Gasteiger partial charge in [-0.15, -0.1) is 0 Å². The lowest BCUT2D eigenvalue weighted by atomic mass is 10.2. The predicted molar refractivity (Wildman–Crippen MR) is 49.2 cm³/mol. The third-order valence-corrected chi connectivity index (χ3v) is 2.25. The van der Waals surface area contributed by atoms with Crippen molar-refractivity contribution >= 4 is 21.7 Å². The normalized spacial score (nSPS) is 10.8. The maximum atomic E-state index is 12.3. The van der Waals surface area contributed by atoms with Crippen molar-refractivity contribution in [1.82, 2.24) is 4.98 Å². The molecule has 0 atom stereocenters. The zero-order valence-corrected chi connectivity index (χ0v) is 8.18. The lowest BCUT2D eigenvalue weighted by molar-refractivity contribution is 0.152. The van der Waals surface area contributed by atoms with E-state index in [4.69, 9.17) is 11.5 Å². The van der Waals surface area contributed by atoms with Crippen LogP contribution in [0.25, 0.3) is 0 Å². The highest BCUT2D eigenvalue weighted by Gasteiger charge is 2.14. The topological polar surface area (TPSA) is 64.9 Å². The van der Waals surface area contributed by atoms with Crippen LogP contribution in [0.4, 0.5) is 14.6 Å². The first-order valence-electron chi connectivity index (χ1n) is 3.49. The molecule has 1 aromatic rings. The number of nitrogens with two attached hydrogens (primary N) is 2. The molecule has 1 heterocycles. The zero-order chi connectivity index (χ0) is 10.0. The highest BCUT2D eigenvalue weighted by atomic mass is 79.9. The molecule has 72 valence electrons. The number of nitrogens with zero attached hydrogens (tertiary/aromatic N) is 1. The molecule has 0 aliphatic heterocycles.